The first-order valence-corrected chi connectivity index (χ1v) is 9.93. The smallest absolute Gasteiger partial charge is 0.253 e. The summed E-state index contributed by atoms with van der Waals surface area (Å²) in [6.07, 6.45) is 3.19. The highest BCUT2D eigenvalue weighted by molar-refractivity contribution is 7.90. The Morgan fingerprint density at radius 3 is 2.65 bits per heavy atom. The maximum atomic E-state index is 12.7. The molecule has 2 rings (SSSR count). The molecule has 1 aromatic carbocycles. The first-order valence-electron chi connectivity index (χ1n) is 8.04. The summed E-state index contributed by atoms with van der Waals surface area (Å²) in [4.78, 5) is 14.8. The van der Waals surface area contributed by atoms with Crippen molar-refractivity contribution in [3.8, 4) is 0 Å². The third kappa shape index (κ3) is 4.54. The van der Waals surface area contributed by atoms with Crippen LogP contribution in [-0.4, -0.2) is 50.7 Å². The summed E-state index contributed by atoms with van der Waals surface area (Å²) in [5.74, 6) is -0.0924. The summed E-state index contributed by atoms with van der Waals surface area (Å²) in [5.41, 5.74) is 1.11. The predicted molar refractivity (Wildman–Crippen MR) is 91.5 cm³/mol. The summed E-state index contributed by atoms with van der Waals surface area (Å²) in [7, 11) is -3.33. The van der Waals surface area contributed by atoms with Gasteiger partial charge < -0.3 is 10.2 Å². The third-order valence-electron chi connectivity index (χ3n) is 4.11. The number of piperidine rings is 1. The molecule has 1 aliphatic rings. The van der Waals surface area contributed by atoms with Gasteiger partial charge in [-0.25, -0.2) is 8.42 Å². The SMILES string of the molecule is Cc1ccc(C(=O)N2CCCC(NC(C)C)C2)cc1S(C)(=O)=O. The van der Waals surface area contributed by atoms with E-state index in [1.807, 2.05) is 4.90 Å². The van der Waals surface area contributed by atoms with Crippen molar-refractivity contribution in [2.24, 2.45) is 0 Å². The topological polar surface area (TPSA) is 66.5 Å². The molecule has 0 spiro atoms. The number of hydrogen-bond acceptors (Lipinski definition) is 4. The second-order valence-electron chi connectivity index (χ2n) is 6.66. The summed E-state index contributed by atoms with van der Waals surface area (Å²) in [5, 5.41) is 3.47. The van der Waals surface area contributed by atoms with Gasteiger partial charge in [0.05, 0.1) is 4.90 Å². The number of amides is 1. The van der Waals surface area contributed by atoms with E-state index in [4.69, 9.17) is 0 Å². The number of aryl methyl sites for hydroxylation is 1. The van der Waals surface area contributed by atoms with Gasteiger partial charge in [-0.1, -0.05) is 19.9 Å². The molecule has 0 aromatic heterocycles. The molecule has 1 N–H and O–H groups in total. The van der Waals surface area contributed by atoms with Crippen LogP contribution in [0.3, 0.4) is 0 Å². The molecule has 6 heteroatoms. The number of nitrogens with one attached hydrogen (secondary N) is 1. The second-order valence-corrected chi connectivity index (χ2v) is 8.65. The standard InChI is InChI=1S/C17H26N2O3S/c1-12(2)18-15-6-5-9-19(11-15)17(20)14-8-7-13(3)16(10-14)23(4,21)22/h7-8,10,12,15,18H,5-6,9,11H2,1-4H3. The molecule has 1 aromatic rings. The number of likely N-dealkylation sites (tertiary alicyclic amines) is 1. The van der Waals surface area contributed by atoms with Crippen LogP contribution in [0.5, 0.6) is 0 Å². The number of carbonyl (C=O) groups excluding carboxylic acids is 1. The number of carbonyl (C=O) groups is 1. The van der Waals surface area contributed by atoms with Gasteiger partial charge in [0, 0.05) is 37.0 Å². The quantitative estimate of drug-likeness (QED) is 0.912. The Bertz CT molecular complexity index is 683. The number of nitrogens with zero attached hydrogens (tertiary/aromatic N) is 1. The van der Waals surface area contributed by atoms with E-state index in [1.54, 1.807) is 19.1 Å². The molecule has 23 heavy (non-hydrogen) atoms. The van der Waals surface area contributed by atoms with Crippen molar-refractivity contribution < 1.29 is 13.2 Å². The number of hydrogen-bond donors (Lipinski definition) is 1. The van der Waals surface area contributed by atoms with Gasteiger partial charge in [-0.05, 0) is 37.5 Å². The lowest BCUT2D eigenvalue weighted by Gasteiger charge is -2.34. The van der Waals surface area contributed by atoms with Gasteiger partial charge in [-0.2, -0.15) is 0 Å². The lowest BCUT2D eigenvalue weighted by atomic mass is 10.0. The molecular weight excluding hydrogens is 312 g/mol. The Kier molecular flexibility index (Phi) is 5.47. The van der Waals surface area contributed by atoms with Crippen molar-refractivity contribution in [1.29, 1.82) is 0 Å². The van der Waals surface area contributed by atoms with Crippen LogP contribution in [0.15, 0.2) is 23.1 Å². The molecule has 0 aliphatic carbocycles. The van der Waals surface area contributed by atoms with Crippen LogP contribution >= 0.6 is 0 Å². The Morgan fingerprint density at radius 1 is 1.35 bits per heavy atom. The van der Waals surface area contributed by atoms with Crippen LogP contribution in [0.4, 0.5) is 0 Å². The van der Waals surface area contributed by atoms with Crippen molar-refractivity contribution in [3.05, 3.63) is 29.3 Å². The fourth-order valence-corrected chi connectivity index (χ4v) is 4.08. The average Bonchev–Trinajstić information content (AvgIpc) is 2.45. The summed E-state index contributed by atoms with van der Waals surface area (Å²) in [6, 6.07) is 5.61. The zero-order chi connectivity index (χ0) is 17.2. The van der Waals surface area contributed by atoms with E-state index in [1.165, 1.54) is 12.3 Å². The van der Waals surface area contributed by atoms with Crippen LogP contribution in [0.25, 0.3) is 0 Å². The first kappa shape index (κ1) is 17.9. The highest BCUT2D eigenvalue weighted by Crippen LogP contribution is 2.20. The van der Waals surface area contributed by atoms with E-state index in [0.29, 0.717) is 29.8 Å². The lowest BCUT2D eigenvalue weighted by Crippen LogP contribution is -2.49. The van der Waals surface area contributed by atoms with Gasteiger partial charge in [-0.15, -0.1) is 0 Å². The minimum atomic E-state index is -3.33. The van der Waals surface area contributed by atoms with Gasteiger partial charge >= 0.3 is 0 Å². The molecule has 1 fully saturated rings. The van der Waals surface area contributed by atoms with Crippen molar-refractivity contribution in [2.75, 3.05) is 19.3 Å². The molecule has 1 amide bonds. The normalized spacial score (nSPS) is 19.2. The number of rotatable bonds is 4. The lowest BCUT2D eigenvalue weighted by molar-refractivity contribution is 0.0691. The van der Waals surface area contributed by atoms with E-state index >= 15 is 0 Å². The molecule has 0 radical (unpaired) electrons. The monoisotopic (exact) mass is 338 g/mol. The Labute approximate surface area is 139 Å². The van der Waals surface area contributed by atoms with Crippen LogP contribution in [0.2, 0.25) is 0 Å². The van der Waals surface area contributed by atoms with Crippen molar-refractivity contribution in [3.63, 3.8) is 0 Å². The zero-order valence-electron chi connectivity index (χ0n) is 14.3. The van der Waals surface area contributed by atoms with Crippen molar-refractivity contribution in [1.82, 2.24) is 10.2 Å². The van der Waals surface area contributed by atoms with E-state index in [0.717, 1.165) is 19.4 Å². The third-order valence-corrected chi connectivity index (χ3v) is 5.35. The van der Waals surface area contributed by atoms with Gasteiger partial charge in [0.1, 0.15) is 0 Å². The van der Waals surface area contributed by atoms with Crippen LogP contribution in [0, 0.1) is 6.92 Å². The predicted octanol–water partition coefficient (Wildman–Crippen LogP) is 2.00. The molecule has 128 valence electrons. The Hall–Kier alpha value is -1.40. The van der Waals surface area contributed by atoms with Gasteiger partial charge in [-0.3, -0.25) is 4.79 Å². The van der Waals surface area contributed by atoms with Gasteiger partial charge in [0.25, 0.3) is 5.91 Å². The second kappa shape index (κ2) is 7.01. The van der Waals surface area contributed by atoms with Crippen LogP contribution in [-0.2, 0) is 9.84 Å². The van der Waals surface area contributed by atoms with Gasteiger partial charge in [0.2, 0.25) is 0 Å². The highest BCUT2D eigenvalue weighted by atomic mass is 32.2. The van der Waals surface area contributed by atoms with Crippen molar-refractivity contribution >= 4 is 15.7 Å². The largest absolute Gasteiger partial charge is 0.337 e. The molecule has 1 aliphatic heterocycles. The Balaban J connectivity index is 2.20. The maximum Gasteiger partial charge on any atom is 0.253 e. The molecular formula is C17H26N2O3S. The summed E-state index contributed by atoms with van der Waals surface area (Å²) in [6.45, 7) is 7.32. The van der Waals surface area contributed by atoms with Gasteiger partial charge in [0.15, 0.2) is 9.84 Å². The van der Waals surface area contributed by atoms with E-state index in [-0.39, 0.29) is 10.8 Å². The minimum absolute atomic E-state index is 0.0924. The van der Waals surface area contributed by atoms with Crippen LogP contribution in [0.1, 0.15) is 42.6 Å². The van der Waals surface area contributed by atoms with E-state index < -0.39 is 9.84 Å². The maximum absolute atomic E-state index is 12.7. The molecule has 1 saturated heterocycles. The number of benzene rings is 1. The minimum Gasteiger partial charge on any atom is -0.337 e. The molecule has 0 bridgehead atoms. The Morgan fingerprint density at radius 2 is 2.04 bits per heavy atom. The molecule has 0 saturated carbocycles. The molecule has 1 unspecified atom stereocenters. The van der Waals surface area contributed by atoms with Crippen molar-refractivity contribution in [2.45, 2.75) is 50.6 Å². The zero-order valence-corrected chi connectivity index (χ0v) is 15.1. The summed E-state index contributed by atoms with van der Waals surface area (Å²) < 4.78 is 23.7. The highest BCUT2D eigenvalue weighted by Gasteiger charge is 2.25. The molecule has 1 heterocycles. The average molecular weight is 338 g/mol. The number of sulfone groups is 1. The fraction of sp³-hybridized carbons (Fsp3) is 0.588. The fourth-order valence-electron chi connectivity index (χ4n) is 3.08. The first-order chi connectivity index (χ1) is 10.7. The molecule has 1 atom stereocenters. The van der Waals surface area contributed by atoms with E-state index in [2.05, 4.69) is 19.2 Å². The van der Waals surface area contributed by atoms with E-state index in [9.17, 15) is 13.2 Å². The summed E-state index contributed by atoms with van der Waals surface area (Å²) >= 11 is 0. The van der Waals surface area contributed by atoms with Crippen LogP contribution < -0.4 is 5.32 Å². The molecule has 5 nitrogen and oxygen atoms in total.